The quantitative estimate of drug-likeness (QED) is 0.457. The maximum Gasteiger partial charge on any atom is 0.273 e. The van der Waals surface area contributed by atoms with Gasteiger partial charge < -0.3 is 0 Å². The van der Waals surface area contributed by atoms with E-state index >= 15 is 0 Å². The third-order valence-electron chi connectivity index (χ3n) is 2.33. The van der Waals surface area contributed by atoms with Gasteiger partial charge in [-0.15, -0.1) is 0 Å². The summed E-state index contributed by atoms with van der Waals surface area (Å²) in [4.78, 5) is 32.5. The van der Waals surface area contributed by atoms with Gasteiger partial charge in [-0.25, -0.2) is 0 Å². The molecule has 0 bridgehead atoms. The monoisotopic (exact) mass is 236 g/mol. The lowest BCUT2D eigenvalue weighted by molar-refractivity contribution is -0.385. The van der Waals surface area contributed by atoms with Crippen LogP contribution in [0.2, 0.25) is 0 Å². The first-order valence-corrected chi connectivity index (χ1v) is 5.16. The molecular weight excluding hydrogens is 224 g/mol. The Morgan fingerprint density at radius 3 is 2.29 bits per heavy atom. The van der Waals surface area contributed by atoms with Crippen molar-refractivity contribution in [2.24, 2.45) is 0 Å². The Balaban J connectivity index is 0.000000686. The molecule has 1 aliphatic heterocycles. The molecule has 6 nitrogen and oxygen atoms in total. The lowest BCUT2D eigenvalue weighted by atomic mass is 10.0. The summed E-state index contributed by atoms with van der Waals surface area (Å²) < 4.78 is 0. The molecule has 0 unspecified atom stereocenters. The van der Waals surface area contributed by atoms with Gasteiger partial charge in [0.05, 0.1) is 16.1 Å². The summed E-state index contributed by atoms with van der Waals surface area (Å²) in [6.45, 7) is 5.45. The molecule has 17 heavy (non-hydrogen) atoms. The number of nitro benzene ring substituents is 1. The summed E-state index contributed by atoms with van der Waals surface area (Å²) in [6.07, 6.45) is 0. The largest absolute Gasteiger partial charge is 0.288 e. The zero-order valence-corrected chi connectivity index (χ0v) is 9.73. The van der Waals surface area contributed by atoms with E-state index in [0.717, 1.165) is 0 Å². The van der Waals surface area contributed by atoms with Gasteiger partial charge in [0.25, 0.3) is 17.5 Å². The number of benzene rings is 1. The van der Waals surface area contributed by atoms with E-state index < -0.39 is 16.7 Å². The number of rotatable bonds is 1. The molecule has 1 N–H and O–H groups in total. The molecule has 0 fully saturated rings. The second kappa shape index (κ2) is 4.73. The van der Waals surface area contributed by atoms with Crippen molar-refractivity contribution in [2.75, 3.05) is 0 Å². The van der Waals surface area contributed by atoms with Gasteiger partial charge >= 0.3 is 0 Å². The summed E-state index contributed by atoms with van der Waals surface area (Å²) in [5, 5.41) is 12.7. The smallest absolute Gasteiger partial charge is 0.273 e. The third-order valence-corrected chi connectivity index (χ3v) is 2.33. The topological polar surface area (TPSA) is 89.3 Å². The molecule has 0 radical (unpaired) electrons. The van der Waals surface area contributed by atoms with Crippen molar-refractivity contribution in [2.45, 2.75) is 20.8 Å². The Labute approximate surface area is 97.8 Å². The molecule has 2 rings (SSSR count). The molecule has 1 aliphatic rings. The maximum atomic E-state index is 11.3. The van der Waals surface area contributed by atoms with Crippen LogP contribution in [0.25, 0.3) is 0 Å². The summed E-state index contributed by atoms with van der Waals surface area (Å²) >= 11 is 0. The average molecular weight is 236 g/mol. The van der Waals surface area contributed by atoms with Crippen molar-refractivity contribution in [3.8, 4) is 0 Å². The van der Waals surface area contributed by atoms with Crippen molar-refractivity contribution in [1.29, 1.82) is 0 Å². The van der Waals surface area contributed by atoms with Gasteiger partial charge in [0.2, 0.25) is 0 Å². The first-order chi connectivity index (χ1) is 8.02. The lowest BCUT2D eigenvalue weighted by Crippen LogP contribution is -2.20. The molecule has 1 aromatic carbocycles. The number of hydrogen-bond acceptors (Lipinski definition) is 4. The number of amides is 2. The Bertz CT molecular complexity index is 508. The predicted molar refractivity (Wildman–Crippen MR) is 61.0 cm³/mol. The van der Waals surface area contributed by atoms with Gasteiger partial charge in [-0.05, 0) is 13.0 Å². The minimum Gasteiger partial charge on any atom is -0.288 e. The molecule has 0 atom stereocenters. The molecule has 0 aromatic heterocycles. The zero-order chi connectivity index (χ0) is 13.2. The van der Waals surface area contributed by atoms with Crippen LogP contribution in [0.15, 0.2) is 12.1 Å². The van der Waals surface area contributed by atoms with E-state index in [1.807, 2.05) is 13.8 Å². The van der Waals surface area contributed by atoms with Gasteiger partial charge in [0.15, 0.2) is 0 Å². The van der Waals surface area contributed by atoms with Gasteiger partial charge in [-0.1, -0.05) is 13.8 Å². The minimum absolute atomic E-state index is 0.106. The fourth-order valence-corrected chi connectivity index (χ4v) is 1.61. The highest BCUT2D eigenvalue weighted by Crippen LogP contribution is 2.27. The fourth-order valence-electron chi connectivity index (χ4n) is 1.61. The van der Waals surface area contributed by atoms with Crippen LogP contribution in [0, 0.1) is 17.0 Å². The Morgan fingerprint density at radius 1 is 1.18 bits per heavy atom. The number of nitrogens with zero attached hydrogens (tertiary/aromatic N) is 1. The van der Waals surface area contributed by atoms with E-state index in [9.17, 15) is 19.7 Å². The van der Waals surface area contributed by atoms with Crippen LogP contribution in [0.5, 0.6) is 0 Å². The van der Waals surface area contributed by atoms with Crippen LogP contribution in [-0.2, 0) is 0 Å². The number of imide groups is 1. The molecule has 6 heteroatoms. The number of nitrogens with one attached hydrogen (secondary N) is 1. The molecule has 0 spiro atoms. The summed E-state index contributed by atoms with van der Waals surface area (Å²) in [5.41, 5.74) is 0.372. The SMILES string of the molecule is CC.Cc1c([N+](=O)[O-])ccc2c1C(=O)NC2=O. The normalized spacial score (nSPS) is 12.4. The van der Waals surface area contributed by atoms with Gasteiger partial charge in [0.1, 0.15) is 0 Å². The number of fused-ring (bicyclic) bond motifs is 1. The number of hydrogen-bond donors (Lipinski definition) is 1. The highest BCUT2D eigenvalue weighted by Gasteiger charge is 2.31. The molecule has 90 valence electrons. The van der Waals surface area contributed by atoms with E-state index in [1.54, 1.807) is 0 Å². The summed E-state index contributed by atoms with van der Waals surface area (Å²) in [5.74, 6) is -1.08. The first kappa shape index (κ1) is 12.8. The molecule has 1 heterocycles. The van der Waals surface area contributed by atoms with Gasteiger partial charge in [-0.3, -0.25) is 25.0 Å². The van der Waals surface area contributed by atoms with Crippen molar-refractivity contribution < 1.29 is 14.5 Å². The first-order valence-electron chi connectivity index (χ1n) is 5.16. The van der Waals surface area contributed by atoms with Crippen molar-refractivity contribution in [3.05, 3.63) is 38.9 Å². The number of nitro groups is 1. The third kappa shape index (κ3) is 2.01. The molecule has 2 amide bonds. The highest BCUT2D eigenvalue weighted by atomic mass is 16.6. The minimum atomic E-state index is -0.578. The Kier molecular flexibility index (Phi) is 3.57. The van der Waals surface area contributed by atoms with E-state index in [0.29, 0.717) is 0 Å². The van der Waals surface area contributed by atoms with Crippen molar-refractivity contribution in [1.82, 2.24) is 5.32 Å². The van der Waals surface area contributed by atoms with E-state index in [4.69, 9.17) is 0 Å². The Hall–Kier alpha value is -2.24. The molecule has 0 saturated heterocycles. The average Bonchev–Trinajstić information content (AvgIpc) is 2.58. The zero-order valence-electron chi connectivity index (χ0n) is 9.73. The summed E-state index contributed by atoms with van der Waals surface area (Å²) in [6, 6.07) is 2.52. The summed E-state index contributed by atoms with van der Waals surface area (Å²) in [7, 11) is 0. The van der Waals surface area contributed by atoms with Crippen LogP contribution >= 0.6 is 0 Å². The van der Waals surface area contributed by atoms with Crippen LogP contribution in [0.3, 0.4) is 0 Å². The van der Waals surface area contributed by atoms with Gasteiger partial charge in [-0.2, -0.15) is 0 Å². The molecule has 0 saturated carbocycles. The predicted octanol–water partition coefficient (Wildman–Crippen LogP) is 1.81. The second-order valence-electron chi connectivity index (χ2n) is 3.17. The fraction of sp³-hybridized carbons (Fsp3) is 0.273. The lowest BCUT2D eigenvalue weighted by Gasteiger charge is -2.00. The van der Waals surface area contributed by atoms with Crippen LogP contribution in [-0.4, -0.2) is 16.7 Å². The number of carbonyl (C=O) groups excluding carboxylic acids is 2. The maximum absolute atomic E-state index is 11.3. The van der Waals surface area contributed by atoms with E-state index in [1.165, 1.54) is 19.1 Å². The molecular formula is C11H12N2O4. The standard InChI is InChI=1S/C9H6N2O4.C2H6/c1-4-6(11(14)15)3-2-5-7(4)9(13)10-8(5)12;1-2/h2-3H,1H3,(H,10,12,13);1-2H3. The van der Waals surface area contributed by atoms with E-state index in [-0.39, 0.29) is 22.4 Å². The second-order valence-corrected chi connectivity index (χ2v) is 3.17. The van der Waals surface area contributed by atoms with Crippen molar-refractivity contribution >= 4 is 17.5 Å². The number of carbonyl (C=O) groups is 2. The van der Waals surface area contributed by atoms with E-state index in [2.05, 4.69) is 5.32 Å². The highest BCUT2D eigenvalue weighted by molar-refractivity contribution is 6.22. The van der Waals surface area contributed by atoms with Crippen LogP contribution in [0.4, 0.5) is 5.69 Å². The molecule has 0 aliphatic carbocycles. The molecule has 1 aromatic rings. The van der Waals surface area contributed by atoms with Crippen LogP contribution < -0.4 is 5.32 Å². The van der Waals surface area contributed by atoms with Crippen LogP contribution in [0.1, 0.15) is 40.1 Å². The van der Waals surface area contributed by atoms with Crippen molar-refractivity contribution in [3.63, 3.8) is 0 Å². The Morgan fingerprint density at radius 2 is 1.76 bits per heavy atom. The van der Waals surface area contributed by atoms with Gasteiger partial charge in [0, 0.05) is 11.6 Å².